The molecular weight excluding hydrogens is 372 g/mol. The van der Waals surface area contributed by atoms with E-state index in [2.05, 4.69) is 15.6 Å². The van der Waals surface area contributed by atoms with Crippen LogP contribution in [0.4, 0.5) is 10.8 Å². The van der Waals surface area contributed by atoms with E-state index in [4.69, 9.17) is 24.9 Å². The second-order valence-electron chi connectivity index (χ2n) is 5.26. The zero-order chi connectivity index (χ0) is 32.1. The molecule has 0 saturated heterocycles. The van der Waals surface area contributed by atoms with E-state index in [0.29, 0.717) is 0 Å². The van der Waals surface area contributed by atoms with Crippen molar-refractivity contribution in [1.82, 2.24) is 10.3 Å². The van der Waals surface area contributed by atoms with E-state index in [0.717, 1.165) is 11.3 Å². The van der Waals surface area contributed by atoms with Crippen molar-refractivity contribution in [2.45, 2.75) is 18.9 Å². The summed E-state index contributed by atoms with van der Waals surface area (Å²) in [4.78, 5) is 16.3. The minimum Gasteiger partial charge on any atom is -0.387 e. The first-order valence-electron chi connectivity index (χ1n) is 14.9. The zero-order valence-electron chi connectivity index (χ0n) is 28.3. The number of carbonyl (C=O) groups excluding carboxylic acids is 1. The van der Waals surface area contributed by atoms with E-state index < -0.39 is 109 Å². The van der Waals surface area contributed by atoms with Gasteiger partial charge in [0.05, 0.1) is 31.9 Å². The molecule has 0 aliphatic heterocycles. The molecule has 1 aromatic heterocycles. The van der Waals surface area contributed by atoms with Gasteiger partial charge < -0.3 is 21.5 Å². The van der Waals surface area contributed by atoms with Gasteiger partial charge in [-0.05, 0) is 36.1 Å². The number of carbonyl (C=O) groups is 1. The van der Waals surface area contributed by atoms with Crippen molar-refractivity contribution in [3.05, 3.63) is 76.6 Å². The average molecular weight is 411 g/mol. The minimum absolute atomic E-state index is 0.0169. The molecule has 7 heteroatoms. The molecule has 0 fully saturated rings. The van der Waals surface area contributed by atoms with Crippen molar-refractivity contribution in [2.75, 3.05) is 24.1 Å². The molecule has 0 unspecified atom stereocenters. The van der Waals surface area contributed by atoms with Gasteiger partial charge in [-0.2, -0.15) is 0 Å². The normalized spacial score (nSPS) is 20.0. The molecule has 0 saturated carbocycles. The number of aliphatic hydroxyl groups excluding tert-OH is 1. The number of hydrogen-bond acceptors (Lipinski definition) is 6. The Hall–Kier alpha value is -2.74. The number of thiazole rings is 1. The second kappa shape index (κ2) is 9.98. The van der Waals surface area contributed by atoms with Crippen LogP contribution in [0.1, 0.15) is 42.1 Å². The number of amides is 1. The SMILES string of the molecule is [2H]c1sc(N)nc1CC(=O)Nc1c([2H])c([2H])c(C([2H])([2H])C([2H])([2H])NC[C@@H](O)c2c([2H])c([2H])c([2H])c([2H])c2[2H])c([2H])c1[2H]. The van der Waals surface area contributed by atoms with E-state index in [1.165, 1.54) is 0 Å². The number of nitrogens with zero attached hydrogens (tertiary/aromatic N) is 1. The van der Waals surface area contributed by atoms with Crippen molar-refractivity contribution in [1.29, 1.82) is 0 Å². The Balaban J connectivity index is 1.91. The molecule has 0 radical (unpaired) electrons. The fraction of sp³-hybridized carbons (Fsp3) is 0.238. The van der Waals surface area contributed by atoms with E-state index in [9.17, 15) is 9.90 Å². The molecule has 2 aromatic carbocycles. The third-order valence-electron chi connectivity index (χ3n) is 3.16. The van der Waals surface area contributed by atoms with E-state index >= 15 is 0 Å². The van der Waals surface area contributed by atoms with Crippen molar-refractivity contribution in [2.24, 2.45) is 0 Å². The van der Waals surface area contributed by atoms with Gasteiger partial charge in [-0.25, -0.2) is 4.98 Å². The van der Waals surface area contributed by atoms with Crippen LogP contribution in [0, 0.1) is 0 Å². The van der Waals surface area contributed by atoms with E-state index in [1.54, 1.807) is 0 Å². The Morgan fingerprint density at radius 1 is 1.25 bits per heavy atom. The first-order chi connectivity index (χ1) is 19.2. The molecule has 0 aliphatic rings. The van der Waals surface area contributed by atoms with Crippen LogP contribution in [0.3, 0.4) is 0 Å². The highest BCUT2D eigenvalue weighted by molar-refractivity contribution is 7.13. The van der Waals surface area contributed by atoms with Gasteiger partial charge in [-0.3, -0.25) is 4.79 Å². The predicted molar refractivity (Wildman–Crippen MR) is 113 cm³/mol. The molecule has 0 aliphatic carbocycles. The van der Waals surface area contributed by atoms with Gasteiger partial charge in [0.15, 0.2) is 5.13 Å². The van der Waals surface area contributed by atoms with Crippen LogP contribution in [-0.4, -0.2) is 29.0 Å². The largest absolute Gasteiger partial charge is 0.387 e. The Morgan fingerprint density at radius 3 is 2.68 bits per heavy atom. The summed E-state index contributed by atoms with van der Waals surface area (Å²) < 4.78 is 113. The summed E-state index contributed by atoms with van der Waals surface area (Å²) in [6, 6.07) is -7.46. The highest BCUT2D eigenvalue weighted by Crippen LogP contribution is 2.14. The molecule has 0 bridgehead atoms. The highest BCUT2D eigenvalue weighted by atomic mass is 32.1. The first kappa shape index (κ1) is 8.73. The standard InChI is InChI=1S/C21H24N4O2S/c22-21-25-18(14-28-21)12-20(27)24-17-8-6-15(7-9-17)10-11-23-13-19(26)16-4-2-1-3-5-16/h1-9,14,19,23,26H,10-13H2,(H2,22,25)(H,24,27)/t19-/m1/s1/i1D,2D,3D,4D,5D,6D,7D,8D,9D,10D2,11D2,14D. The van der Waals surface area contributed by atoms with Gasteiger partial charge in [0, 0.05) is 23.1 Å². The summed E-state index contributed by atoms with van der Waals surface area (Å²) in [5.74, 6) is -0.857. The quantitative estimate of drug-likeness (QED) is 0.435. The van der Waals surface area contributed by atoms with Crippen molar-refractivity contribution in [3.8, 4) is 0 Å². The topological polar surface area (TPSA) is 100 Å². The lowest BCUT2D eigenvalue weighted by atomic mass is 10.1. The summed E-state index contributed by atoms with van der Waals surface area (Å²) in [5, 5.41) is 14.7. The number of hydrogen-bond donors (Lipinski definition) is 4. The molecule has 1 amide bonds. The van der Waals surface area contributed by atoms with Crippen LogP contribution in [-0.2, 0) is 17.6 Å². The predicted octanol–water partition coefficient (Wildman–Crippen LogP) is 2.77. The lowest BCUT2D eigenvalue weighted by Gasteiger charge is -2.12. The van der Waals surface area contributed by atoms with Gasteiger partial charge in [0.2, 0.25) is 5.91 Å². The van der Waals surface area contributed by atoms with Crippen LogP contribution in [0.5, 0.6) is 0 Å². The lowest BCUT2D eigenvalue weighted by Crippen LogP contribution is -2.23. The lowest BCUT2D eigenvalue weighted by molar-refractivity contribution is -0.115. The zero-order valence-corrected chi connectivity index (χ0v) is 15.1. The molecule has 1 heterocycles. The van der Waals surface area contributed by atoms with Crippen LogP contribution in [0.2, 0.25) is 0 Å². The number of aliphatic hydroxyl groups is 1. The maximum absolute atomic E-state index is 12.5. The van der Waals surface area contributed by atoms with Crippen molar-refractivity contribution < 1.29 is 29.1 Å². The Labute approximate surface area is 188 Å². The van der Waals surface area contributed by atoms with Crippen molar-refractivity contribution >= 4 is 28.1 Å². The van der Waals surface area contributed by atoms with Gasteiger partial charge in [0.1, 0.15) is 0 Å². The summed E-state index contributed by atoms with van der Waals surface area (Å²) in [5.41, 5.74) is 3.34. The molecule has 3 rings (SSSR count). The average Bonchev–Trinajstić information content (AvgIpc) is 3.22. The summed E-state index contributed by atoms with van der Waals surface area (Å²) in [7, 11) is 0. The van der Waals surface area contributed by atoms with Gasteiger partial charge in [-0.1, -0.05) is 42.3 Å². The molecule has 3 aromatic rings. The third-order valence-corrected chi connectivity index (χ3v) is 3.80. The fourth-order valence-electron chi connectivity index (χ4n) is 1.92. The van der Waals surface area contributed by atoms with Crippen molar-refractivity contribution in [3.63, 3.8) is 0 Å². The molecular formula is C21H24N4O2S. The van der Waals surface area contributed by atoms with Crippen LogP contribution >= 0.6 is 11.3 Å². The Bertz CT molecular complexity index is 1510. The number of anilines is 2. The Kier molecular flexibility index (Phi) is 3.11. The second-order valence-corrected chi connectivity index (χ2v) is 6.09. The van der Waals surface area contributed by atoms with Gasteiger partial charge in [-0.15, -0.1) is 11.3 Å². The van der Waals surface area contributed by atoms with Crippen LogP contribution < -0.4 is 16.4 Å². The first-order valence-corrected chi connectivity index (χ1v) is 8.68. The summed E-state index contributed by atoms with van der Waals surface area (Å²) >= 11 is 0.821. The molecule has 146 valence electrons. The third kappa shape index (κ3) is 6.16. The maximum atomic E-state index is 12.5. The number of benzene rings is 2. The molecule has 5 N–H and O–H groups in total. The minimum atomic E-state index is -3.30. The van der Waals surface area contributed by atoms with Gasteiger partial charge >= 0.3 is 0 Å². The van der Waals surface area contributed by atoms with Crippen LogP contribution in [0.25, 0.3) is 0 Å². The molecule has 28 heavy (non-hydrogen) atoms. The summed E-state index contributed by atoms with van der Waals surface area (Å²) in [6.45, 7) is -4.07. The summed E-state index contributed by atoms with van der Waals surface area (Å²) in [6.07, 6.45) is -5.67. The number of aromatic nitrogens is 1. The monoisotopic (exact) mass is 410 g/mol. The molecule has 0 spiro atoms. The number of nitrogens with two attached hydrogens (primary N) is 1. The Morgan fingerprint density at radius 2 is 2.00 bits per heavy atom. The van der Waals surface area contributed by atoms with Gasteiger partial charge in [0.25, 0.3) is 0 Å². The fourth-order valence-corrected chi connectivity index (χ4v) is 2.42. The number of rotatable bonds is 9. The smallest absolute Gasteiger partial charge is 0.230 e. The van der Waals surface area contributed by atoms with E-state index in [-0.39, 0.29) is 16.2 Å². The molecule has 6 nitrogen and oxygen atoms in total. The number of nitrogens with one attached hydrogen (secondary N) is 2. The molecule has 1 atom stereocenters. The number of nitrogen functional groups attached to an aromatic ring is 1. The highest BCUT2D eigenvalue weighted by Gasteiger charge is 2.08. The van der Waals surface area contributed by atoms with E-state index in [1.807, 2.05) is 0 Å². The maximum Gasteiger partial charge on any atom is 0.230 e. The van der Waals surface area contributed by atoms with Crippen LogP contribution in [0.15, 0.2) is 59.7 Å².